The number of aromatic nitrogens is 3. The van der Waals surface area contributed by atoms with Crippen molar-refractivity contribution in [1.82, 2.24) is 35.4 Å². The monoisotopic (exact) mass is 656 g/mol. The average molecular weight is 657 g/mol. The van der Waals surface area contributed by atoms with Gasteiger partial charge in [0.2, 0.25) is 12.3 Å². The van der Waals surface area contributed by atoms with Crippen LogP contribution in [0.25, 0.3) is 0 Å². The Hall–Kier alpha value is -4.59. The lowest BCUT2D eigenvalue weighted by atomic mass is 10.1. The summed E-state index contributed by atoms with van der Waals surface area (Å²) >= 11 is 0. The molecule has 0 bridgehead atoms. The Morgan fingerprint density at radius 2 is 1.35 bits per heavy atom. The number of hydrogen-bond acceptors (Lipinski definition) is 10. The molecular formula is C36H48N8O4. The average Bonchev–Trinajstić information content (AvgIpc) is 3.13. The van der Waals surface area contributed by atoms with Gasteiger partial charge in [0.15, 0.2) is 0 Å². The zero-order chi connectivity index (χ0) is 34.2. The van der Waals surface area contributed by atoms with Gasteiger partial charge in [0.25, 0.3) is 0 Å². The van der Waals surface area contributed by atoms with E-state index in [1.807, 2.05) is 79.3 Å². The summed E-state index contributed by atoms with van der Waals surface area (Å²) in [6.07, 6.45) is 6.03. The summed E-state index contributed by atoms with van der Waals surface area (Å²) in [6, 6.07) is 25.7. The molecule has 0 fully saturated rings. The summed E-state index contributed by atoms with van der Waals surface area (Å²) in [4.78, 5) is 39.9. The largest absolute Gasteiger partial charge is 0.394 e. The minimum atomic E-state index is -0.924. The number of anilines is 1. The molecule has 0 saturated heterocycles. The summed E-state index contributed by atoms with van der Waals surface area (Å²) in [5.41, 5.74) is 5.11. The third-order valence-corrected chi connectivity index (χ3v) is 7.32. The molecule has 1 aromatic carbocycles. The second-order valence-corrected chi connectivity index (χ2v) is 11.1. The molecule has 256 valence electrons. The highest BCUT2D eigenvalue weighted by Gasteiger charge is 2.12. The molecule has 1 atom stereocenters. The highest BCUT2D eigenvalue weighted by molar-refractivity contribution is 5.78. The standard InChI is InChI=1S/C22H27N5.C14H21N3O4/c1-2-26(17-20-9-3-6-12-23-20)15-16-27(18-21-10-4-7-13-24-21)19-22-11-5-8-14-25-22;18-9-13(20)7-16-14(21)8-15-6-5-11-1-3-12(4-2-11)17-10-19/h3-14H,2,15-19H2,1H3;1-4,10,13,15,18,20H,5-9H2,(H,16,21)(H,17,19). The quantitative estimate of drug-likeness (QED) is 0.0707. The minimum absolute atomic E-state index is 0.0439. The van der Waals surface area contributed by atoms with E-state index < -0.39 is 6.10 Å². The Labute approximate surface area is 283 Å². The summed E-state index contributed by atoms with van der Waals surface area (Å²) in [7, 11) is 0. The fraction of sp³-hybridized carbons (Fsp3) is 0.361. The molecule has 2 amide bonds. The van der Waals surface area contributed by atoms with Gasteiger partial charge in [-0.1, -0.05) is 37.3 Å². The Bertz CT molecular complexity index is 1380. The van der Waals surface area contributed by atoms with Crippen LogP contribution in [0.1, 0.15) is 29.6 Å². The molecule has 4 aromatic rings. The molecule has 0 radical (unpaired) electrons. The van der Waals surface area contributed by atoms with Crippen molar-refractivity contribution in [1.29, 1.82) is 0 Å². The second kappa shape index (κ2) is 22.9. The van der Waals surface area contributed by atoms with E-state index in [1.165, 1.54) is 0 Å². The molecular weight excluding hydrogens is 608 g/mol. The number of likely N-dealkylation sites (N-methyl/N-ethyl adjacent to an activating group) is 1. The van der Waals surface area contributed by atoms with Gasteiger partial charge in [-0.2, -0.15) is 0 Å². The van der Waals surface area contributed by atoms with Crippen LogP contribution in [0.2, 0.25) is 0 Å². The maximum Gasteiger partial charge on any atom is 0.234 e. The molecule has 0 saturated carbocycles. The molecule has 48 heavy (non-hydrogen) atoms. The first-order valence-corrected chi connectivity index (χ1v) is 16.2. The molecule has 3 aromatic heterocycles. The van der Waals surface area contributed by atoms with Gasteiger partial charge in [-0.3, -0.25) is 34.3 Å². The molecule has 1 unspecified atom stereocenters. The van der Waals surface area contributed by atoms with Crippen molar-refractivity contribution in [3.8, 4) is 0 Å². The van der Waals surface area contributed by atoms with Gasteiger partial charge in [0.1, 0.15) is 0 Å². The van der Waals surface area contributed by atoms with Gasteiger partial charge in [-0.15, -0.1) is 0 Å². The van der Waals surface area contributed by atoms with E-state index >= 15 is 0 Å². The number of carbonyl (C=O) groups is 2. The molecule has 4 rings (SSSR count). The fourth-order valence-corrected chi connectivity index (χ4v) is 4.64. The first-order chi connectivity index (χ1) is 23.5. The Morgan fingerprint density at radius 1 is 0.812 bits per heavy atom. The van der Waals surface area contributed by atoms with Crippen molar-refractivity contribution >= 4 is 18.0 Å². The fourth-order valence-electron chi connectivity index (χ4n) is 4.64. The Kier molecular flexibility index (Phi) is 18.0. The molecule has 0 aliphatic rings. The SMILES string of the molecule is CCN(CCN(Cc1ccccn1)Cc1ccccn1)Cc1ccccn1.O=CNc1ccc(CCNCC(=O)NCC(O)CO)cc1. The maximum atomic E-state index is 11.4. The molecule has 0 aliphatic heterocycles. The number of nitrogens with one attached hydrogen (secondary N) is 3. The summed E-state index contributed by atoms with van der Waals surface area (Å²) in [5.74, 6) is -0.229. The van der Waals surface area contributed by atoms with E-state index in [9.17, 15) is 9.59 Å². The van der Waals surface area contributed by atoms with E-state index in [0.29, 0.717) is 13.0 Å². The van der Waals surface area contributed by atoms with Crippen LogP contribution < -0.4 is 16.0 Å². The number of nitrogens with zero attached hydrogens (tertiary/aromatic N) is 5. The third kappa shape index (κ3) is 15.8. The van der Waals surface area contributed by atoms with E-state index in [1.54, 1.807) is 0 Å². The normalized spacial score (nSPS) is 11.4. The number of rotatable bonds is 20. The molecule has 0 spiro atoms. The number of benzene rings is 1. The van der Waals surface area contributed by atoms with Gasteiger partial charge in [-0.05, 0) is 73.6 Å². The van der Waals surface area contributed by atoms with Crippen LogP contribution in [-0.4, -0.2) is 99.3 Å². The number of aliphatic hydroxyl groups is 2. The van der Waals surface area contributed by atoms with Crippen molar-refractivity contribution in [3.63, 3.8) is 0 Å². The van der Waals surface area contributed by atoms with E-state index in [0.717, 1.165) is 74.0 Å². The Balaban J connectivity index is 0.000000270. The van der Waals surface area contributed by atoms with Crippen LogP contribution in [0.4, 0.5) is 5.69 Å². The van der Waals surface area contributed by atoms with Gasteiger partial charge in [0, 0.05) is 63.5 Å². The first-order valence-electron chi connectivity index (χ1n) is 16.2. The lowest BCUT2D eigenvalue weighted by molar-refractivity contribution is -0.120. The van der Waals surface area contributed by atoms with Crippen molar-refractivity contribution in [2.24, 2.45) is 0 Å². The highest BCUT2D eigenvalue weighted by Crippen LogP contribution is 2.10. The van der Waals surface area contributed by atoms with Crippen LogP contribution in [0.3, 0.4) is 0 Å². The number of hydrogen-bond donors (Lipinski definition) is 5. The van der Waals surface area contributed by atoms with Crippen molar-refractivity contribution in [2.45, 2.75) is 39.1 Å². The predicted molar refractivity (Wildman–Crippen MR) is 187 cm³/mol. The summed E-state index contributed by atoms with van der Waals surface area (Å²) in [5, 5.41) is 25.7. The lowest BCUT2D eigenvalue weighted by Crippen LogP contribution is -2.39. The molecule has 0 aliphatic carbocycles. The minimum Gasteiger partial charge on any atom is -0.394 e. The molecule has 12 heteroatoms. The molecule has 5 N–H and O–H groups in total. The first kappa shape index (κ1) is 37.9. The van der Waals surface area contributed by atoms with Gasteiger partial charge < -0.3 is 26.2 Å². The zero-order valence-corrected chi connectivity index (χ0v) is 27.6. The number of aliphatic hydroxyl groups excluding tert-OH is 2. The Morgan fingerprint density at radius 3 is 1.83 bits per heavy atom. The van der Waals surface area contributed by atoms with E-state index in [-0.39, 0.29) is 25.6 Å². The highest BCUT2D eigenvalue weighted by atomic mass is 16.3. The van der Waals surface area contributed by atoms with Gasteiger partial charge in [0.05, 0.1) is 36.3 Å². The van der Waals surface area contributed by atoms with Crippen LogP contribution in [-0.2, 0) is 35.6 Å². The summed E-state index contributed by atoms with van der Waals surface area (Å²) in [6.45, 7) is 8.10. The van der Waals surface area contributed by atoms with Crippen molar-refractivity contribution in [3.05, 3.63) is 120 Å². The smallest absolute Gasteiger partial charge is 0.234 e. The van der Waals surface area contributed by atoms with Gasteiger partial charge in [-0.25, -0.2) is 0 Å². The number of carbonyl (C=O) groups excluding carboxylic acids is 2. The van der Waals surface area contributed by atoms with Crippen molar-refractivity contribution in [2.75, 3.05) is 51.2 Å². The lowest BCUT2D eigenvalue weighted by Gasteiger charge is -2.26. The third-order valence-electron chi connectivity index (χ3n) is 7.32. The van der Waals surface area contributed by atoms with Crippen LogP contribution in [0, 0.1) is 0 Å². The van der Waals surface area contributed by atoms with Crippen LogP contribution in [0.15, 0.2) is 97.5 Å². The maximum absolute atomic E-state index is 11.4. The number of amides is 2. The molecule has 3 heterocycles. The predicted octanol–water partition coefficient (Wildman–Crippen LogP) is 2.25. The zero-order valence-electron chi connectivity index (χ0n) is 27.6. The summed E-state index contributed by atoms with van der Waals surface area (Å²) < 4.78 is 0. The van der Waals surface area contributed by atoms with E-state index in [4.69, 9.17) is 10.2 Å². The van der Waals surface area contributed by atoms with Crippen LogP contribution >= 0.6 is 0 Å². The van der Waals surface area contributed by atoms with Gasteiger partial charge >= 0.3 is 0 Å². The van der Waals surface area contributed by atoms with E-state index in [2.05, 4.69) is 65.8 Å². The second-order valence-electron chi connectivity index (χ2n) is 11.1. The van der Waals surface area contributed by atoms with Crippen molar-refractivity contribution < 1.29 is 19.8 Å². The number of pyridine rings is 3. The molecule has 12 nitrogen and oxygen atoms in total. The topological polar surface area (TPSA) is 156 Å². The van der Waals surface area contributed by atoms with Crippen LogP contribution in [0.5, 0.6) is 0 Å².